The second-order valence-corrected chi connectivity index (χ2v) is 2.69. The molecule has 0 saturated heterocycles. The average Bonchev–Trinajstić information content (AvgIpc) is 2.35. The Kier molecular flexibility index (Phi) is 4.00. The monoisotopic (exact) mass is 219 g/mol. The van der Waals surface area contributed by atoms with Crippen LogP contribution >= 0.6 is 0 Å². The van der Waals surface area contributed by atoms with Gasteiger partial charge in [0, 0.05) is 0 Å². The molecule has 0 heterocycles. The normalized spacial score (nSPS) is 10.4. The lowest BCUT2D eigenvalue weighted by Gasteiger charge is -2.03. The zero-order valence-corrected chi connectivity index (χ0v) is 8.47. The van der Waals surface area contributed by atoms with Crippen molar-refractivity contribution in [3.63, 3.8) is 0 Å². The Morgan fingerprint density at radius 2 is 2.25 bits per heavy atom. The number of nitrogens with one attached hydrogen (secondary N) is 1. The molecule has 0 aromatic heterocycles. The molecule has 16 heavy (non-hydrogen) atoms. The first kappa shape index (κ1) is 11.7. The van der Waals surface area contributed by atoms with Crippen LogP contribution in [0.25, 0.3) is 0 Å². The number of nitrogens with zero attached hydrogens (tertiary/aromatic N) is 2. The standard InChI is InChI=1S/C10H9N3O3/c1-16-10(14)7-4-2-3-5-8(7)12-9(6-11)13-15/h2-5,15H,1H3,(H,12,13). The number of hydrogen-bond donors (Lipinski definition) is 2. The summed E-state index contributed by atoms with van der Waals surface area (Å²) >= 11 is 0. The molecule has 6 heteroatoms. The van der Waals surface area contributed by atoms with E-state index in [0.717, 1.165) is 0 Å². The third-order valence-corrected chi connectivity index (χ3v) is 1.75. The number of benzene rings is 1. The Balaban J connectivity index is 3.19. The lowest BCUT2D eigenvalue weighted by Crippen LogP contribution is -2.16. The molecule has 82 valence electrons. The predicted molar refractivity (Wildman–Crippen MR) is 55.4 cm³/mol. The molecule has 0 aliphatic carbocycles. The van der Waals surface area contributed by atoms with E-state index in [1.165, 1.54) is 19.2 Å². The molecule has 1 aromatic carbocycles. The van der Waals surface area contributed by atoms with Crippen molar-refractivity contribution in [1.82, 2.24) is 5.48 Å². The Bertz CT molecular complexity index is 463. The zero-order valence-electron chi connectivity index (χ0n) is 8.47. The summed E-state index contributed by atoms with van der Waals surface area (Å²) in [5.41, 5.74) is 2.08. The molecule has 0 fully saturated rings. The molecule has 0 spiro atoms. The summed E-state index contributed by atoms with van der Waals surface area (Å²) in [5.74, 6) is -0.870. The molecule has 1 aromatic rings. The number of nitriles is 1. The van der Waals surface area contributed by atoms with Gasteiger partial charge in [0.25, 0.3) is 0 Å². The van der Waals surface area contributed by atoms with E-state index in [9.17, 15) is 4.79 Å². The zero-order chi connectivity index (χ0) is 12.0. The molecule has 0 aliphatic rings. The van der Waals surface area contributed by atoms with Crippen LogP contribution < -0.4 is 5.48 Å². The summed E-state index contributed by atoms with van der Waals surface area (Å²) in [4.78, 5) is 15.1. The van der Waals surface area contributed by atoms with Gasteiger partial charge in [-0.3, -0.25) is 5.21 Å². The molecule has 6 nitrogen and oxygen atoms in total. The van der Waals surface area contributed by atoms with Gasteiger partial charge in [-0.15, -0.1) is 0 Å². The second-order valence-electron chi connectivity index (χ2n) is 2.69. The van der Waals surface area contributed by atoms with E-state index < -0.39 is 5.97 Å². The van der Waals surface area contributed by atoms with Crippen LogP contribution in [0, 0.1) is 11.3 Å². The fraction of sp³-hybridized carbons (Fsp3) is 0.100. The van der Waals surface area contributed by atoms with Crippen molar-refractivity contribution in [3.05, 3.63) is 29.8 Å². The number of methoxy groups -OCH3 is 1. The van der Waals surface area contributed by atoms with Crippen LogP contribution in [0.2, 0.25) is 0 Å². The Hall–Kier alpha value is -2.39. The van der Waals surface area contributed by atoms with Crippen LogP contribution in [0.4, 0.5) is 5.69 Å². The van der Waals surface area contributed by atoms with E-state index in [0.29, 0.717) is 0 Å². The van der Waals surface area contributed by atoms with Crippen LogP contribution in [-0.2, 0) is 4.74 Å². The number of ether oxygens (including phenoxy) is 1. The molecule has 0 amide bonds. The lowest BCUT2D eigenvalue weighted by molar-refractivity contribution is 0.0601. The van der Waals surface area contributed by atoms with Gasteiger partial charge < -0.3 is 4.74 Å². The maximum Gasteiger partial charge on any atom is 0.340 e. The topological polar surface area (TPSA) is 94.7 Å². The Morgan fingerprint density at radius 1 is 1.56 bits per heavy atom. The molecule has 0 radical (unpaired) electrons. The highest BCUT2D eigenvalue weighted by Crippen LogP contribution is 2.19. The summed E-state index contributed by atoms with van der Waals surface area (Å²) in [6.45, 7) is 0. The average molecular weight is 219 g/mol. The first-order valence-electron chi connectivity index (χ1n) is 4.29. The fourth-order valence-electron chi connectivity index (χ4n) is 1.05. The van der Waals surface area contributed by atoms with Crippen molar-refractivity contribution >= 4 is 17.5 Å². The van der Waals surface area contributed by atoms with E-state index >= 15 is 0 Å². The van der Waals surface area contributed by atoms with Gasteiger partial charge in [-0.05, 0) is 12.1 Å². The SMILES string of the molecule is COC(=O)c1ccccc1N=C(C#N)NO. The van der Waals surface area contributed by atoms with Gasteiger partial charge in [0.15, 0.2) is 0 Å². The van der Waals surface area contributed by atoms with Crippen molar-refractivity contribution in [2.75, 3.05) is 7.11 Å². The van der Waals surface area contributed by atoms with Gasteiger partial charge in [0.2, 0.25) is 5.84 Å². The quantitative estimate of drug-likeness (QED) is 0.335. The molecule has 0 saturated carbocycles. The first-order chi connectivity index (χ1) is 7.72. The summed E-state index contributed by atoms with van der Waals surface area (Å²) in [5, 5.41) is 17.1. The van der Waals surface area contributed by atoms with Crippen molar-refractivity contribution in [3.8, 4) is 6.07 Å². The number of para-hydroxylation sites is 1. The number of aliphatic imine (C=N–C) groups is 1. The third-order valence-electron chi connectivity index (χ3n) is 1.75. The third kappa shape index (κ3) is 2.56. The van der Waals surface area contributed by atoms with Crippen LogP contribution in [0.5, 0.6) is 0 Å². The molecule has 0 bridgehead atoms. The van der Waals surface area contributed by atoms with E-state index in [1.54, 1.807) is 23.7 Å². The first-order valence-corrected chi connectivity index (χ1v) is 4.29. The lowest BCUT2D eigenvalue weighted by atomic mass is 10.2. The van der Waals surface area contributed by atoms with E-state index in [2.05, 4.69) is 9.73 Å². The van der Waals surface area contributed by atoms with Crippen LogP contribution in [0.1, 0.15) is 10.4 Å². The summed E-state index contributed by atoms with van der Waals surface area (Å²) in [6.07, 6.45) is 0. The maximum atomic E-state index is 11.3. The number of amidine groups is 1. The summed E-state index contributed by atoms with van der Waals surface area (Å²) < 4.78 is 4.55. The number of rotatable bonds is 2. The molecule has 2 N–H and O–H groups in total. The van der Waals surface area contributed by atoms with E-state index in [4.69, 9.17) is 10.5 Å². The van der Waals surface area contributed by atoms with Crippen molar-refractivity contribution in [2.45, 2.75) is 0 Å². The molecule has 0 atom stereocenters. The number of hydrogen-bond acceptors (Lipinski definition) is 5. The highest BCUT2D eigenvalue weighted by atomic mass is 16.5. The van der Waals surface area contributed by atoms with Crippen LogP contribution in [-0.4, -0.2) is 24.1 Å². The van der Waals surface area contributed by atoms with Gasteiger partial charge in [0.1, 0.15) is 6.07 Å². The van der Waals surface area contributed by atoms with Crippen LogP contribution in [0.3, 0.4) is 0 Å². The van der Waals surface area contributed by atoms with E-state index in [-0.39, 0.29) is 17.1 Å². The molecular weight excluding hydrogens is 210 g/mol. The minimum absolute atomic E-state index is 0.216. The molecule has 0 unspecified atom stereocenters. The van der Waals surface area contributed by atoms with Gasteiger partial charge in [-0.1, -0.05) is 12.1 Å². The number of hydroxylamine groups is 1. The second kappa shape index (κ2) is 5.48. The number of carbonyl (C=O) groups excluding carboxylic acids is 1. The highest BCUT2D eigenvalue weighted by molar-refractivity contribution is 6.00. The van der Waals surface area contributed by atoms with Crippen molar-refractivity contribution in [1.29, 1.82) is 5.26 Å². The van der Waals surface area contributed by atoms with Gasteiger partial charge in [-0.2, -0.15) is 5.26 Å². The Morgan fingerprint density at radius 3 is 2.81 bits per heavy atom. The minimum Gasteiger partial charge on any atom is -0.465 e. The van der Waals surface area contributed by atoms with Crippen molar-refractivity contribution < 1.29 is 14.7 Å². The summed E-state index contributed by atoms with van der Waals surface area (Å²) in [6, 6.07) is 7.95. The van der Waals surface area contributed by atoms with Crippen molar-refractivity contribution in [2.24, 2.45) is 4.99 Å². The minimum atomic E-state index is -0.561. The largest absolute Gasteiger partial charge is 0.465 e. The number of carbonyl (C=O) groups is 1. The number of esters is 1. The maximum absolute atomic E-state index is 11.3. The fourth-order valence-corrected chi connectivity index (χ4v) is 1.05. The molecule has 1 rings (SSSR count). The van der Waals surface area contributed by atoms with Crippen LogP contribution in [0.15, 0.2) is 29.3 Å². The molecular formula is C10H9N3O3. The molecule has 0 aliphatic heterocycles. The highest BCUT2D eigenvalue weighted by Gasteiger charge is 2.10. The Labute approximate surface area is 91.8 Å². The predicted octanol–water partition coefficient (Wildman–Crippen LogP) is 1.01. The summed E-state index contributed by atoms with van der Waals surface area (Å²) in [7, 11) is 1.25. The van der Waals surface area contributed by atoms with Gasteiger partial charge in [0.05, 0.1) is 18.4 Å². The van der Waals surface area contributed by atoms with Gasteiger partial charge in [-0.25, -0.2) is 15.3 Å². The smallest absolute Gasteiger partial charge is 0.340 e. The van der Waals surface area contributed by atoms with Gasteiger partial charge >= 0.3 is 5.97 Å². The van der Waals surface area contributed by atoms with E-state index in [1.807, 2.05) is 0 Å².